The molecule has 1 heteroatoms. The fraction of sp³-hybridized carbons (Fsp3) is 0.778. The average molecular weight is 139 g/mol. The molecule has 10 heavy (non-hydrogen) atoms. The van der Waals surface area contributed by atoms with Crippen molar-refractivity contribution < 1.29 is 0 Å². The van der Waals surface area contributed by atoms with Crippen molar-refractivity contribution >= 4 is 0 Å². The van der Waals surface area contributed by atoms with Crippen LogP contribution < -0.4 is 5.73 Å². The highest BCUT2D eigenvalue weighted by molar-refractivity contribution is 4.95. The van der Waals surface area contributed by atoms with E-state index in [1.165, 1.54) is 25.7 Å². The second-order valence-corrected chi connectivity index (χ2v) is 3.31. The second-order valence-electron chi connectivity index (χ2n) is 3.31. The average Bonchev–Trinajstić information content (AvgIpc) is 1.90. The summed E-state index contributed by atoms with van der Waals surface area (Å²) in [5.74, 6) is 0.742. The Morgan fingerprint density at radius 1 is 1.20 bits per heavy atom. The van der Waals surface area contributed by atoms with Crippen LogP contribution in [0.2, 0.25) is 0 Å². The van der Waals surface area contributed by atoms with E-state index in [2.05, 4.69) is 19.1 Å². The summed E-state index contributed by atoms with van der Waals surface area (Å²) in [5, 5.41) is 0. The van der Waals surface area contributed by atoms with E-state index in [9.17, 15) is 0 Å². The van der Waals surface area contributed by atoms with Crippen molar-refractivity contribution in [3.8, 4) is 0 Å². The Balaban J connectivity index is 2.42. The maximum absolute atomic E-state index is 5.78. The predicted molar refractivity (Wildman–Crippen MR) is 44.7 cm³/mol. The molecule has 1 aliphatic rings. The molecular weight excluding hydrogens is 122 g/mol. The van der Waals surface area contributed by atoms with Gasteiger partial charge >= 0.3 is 0 Å². The highest BCUT2D eigenvalue weighted by Gasteiger charge is 2.04. The van der Waals surface area contributed by atoms with Crippen molar-refractivity contribution in [3.63, 3.8) is 0 Å². The largest absolute Gasteiger partial charge is 0.324 e. The number of allylic oxidation sites excluding steroid dienone is 1. The van der Waals surface area contributed by atoms with Gasteiger partial charge in [0.05, 0.1) is 0 Å². The molecule has 0 bridgehead atoms. The first-order valence-corrected chi connectivity index (χ1v) is 4.23. The summed E-state index contributed by atoms with van der Waals surface area (Å²) < 4.78 is 0. The molecule has 0 radical (unpaired) electrons. The second kappa shape index (κ2) is 3.77. The van der Waals surface area contributed by atoms with Crippen LogP contribution in [0.1, 0.15) is 32.6 Å². The van der Waals surface area contributed by atoms with Crippen LogP contribution in [0.25, 0.3) is 0 Å². The Morgan fingerprint density at radius 2 is 1.90 bits per heavy atom. The lowest BCUT2D eigenvalue weighted by Gasteiger charge is -2.13. The molecule has 0 aromatic carbocycles. The van der Waals surface area contributed by atoms with E-state index in [4.69, 9.17) is 5.73 Å². The van der Waals surface area contributed by atoms with E-state index in [0.29, 0.717) is 6.04 Å². The van der Waals surface area contributed by atoms with Crippen LogP contribution in [0.4, 0.5) is 0 Å². The van der Waals surface area contributed by atoms with Gasteiger partial charge in [-0.25, -0.2) is 0 Å². The molecule has 0 heterocycles. The normalized spacial score (nSPS) is 38.2. The fourth-order valence-corrected chi connectivity index (χ4v) is 1.37. The van der Waals surface area contributed by atoms with Gasteiger partial charge in [0.1, 0.15) is 0 Å². The zero-order valence-electron chi connectivity index (χ0n) is 6.72. The molecular formula is C9H17N. The van der Waals surface area contributed by atoms with E-state index in [0.717, 1.165) is 5.92 Å². The molecule has 0 spiro atoms. The van der Waals surface area contributed by atoms with E-state index >= 15 is 0 Å². The minimum absolute atomic E-state index is 0.322. The molecule has 0 amide bonds. The van der Waals surface area contributed by atoms with Crippen LogP contribution in [-0.2, 0) is 0 Å². The lowest BCUT2D eigenvalue weighted by molar-refractivity contribution is 0.529. The van der Waals surface area contributed by atoms with Gasteiger partial charge in [-0.15, -0.1) is 0 Å². The molecule has 1 nitrogen and oxygen atoms in total. The van der Waals surface area contributed by atoms with Gasteiger partial charge in [-0.1, -0.05) is 31.9 Å². The summed E-state index contributed by atoms with van der Waals surface area (Å²) in [6.45, 7) is 2.26. The number of hydrogen-bond acceptors (Lipinski definition) is 1. The monoisotopic (exact) mass is 139 g/mol. The molecule has 2 unspecified atom stereocenters. The molecule has 0 saturated heterocycles. The smallest absolute Gasteiger partial charge is 0.0223 e. The Hall–Kier alpha value is -0.300. The standard InChI is InChI=1S/C9H17N/c1-8-4-2-3-5-9(10)7-6-8/h6-9H,2-5,10H2,1H3/b7-6-. The zero-order chi connectivity index (χ0) is 7.40. The molecule has 1 aliphatic carbocycles. The molecule has 0 aromatic rings. The van der Waals surface area contributed by atoms with Gasteiger partial charge in [-0.3, -0.25) is 0 Å². The van der Waals surface area contributed by atoms with E-state index in [1.807, 2.05) is 0 Å². The molecule has 0 fully saturated rings. The van der Waals surface area contributed by atoms with Gasteiger partial charge in [0.25, 0.3) is 0 Å². The molecule has 0 aliphatic heterocycles. The van der Waals surface area contributed by atoms with E-state index in [1.54, 1.807) is 0 Å². The van der Waals surface area contributed by atoms with Gasteiger partial charge in [0.2, 0.25) is 0 Å². The van der Waals surface area contributed by atoms with Gasteiger partial charge in [-0.05, 0) is 18.8 Å². The number of hydrogen-bond donors (Lipinski definition) is 1. The quantitative estimate of drug-likeness (QED) is 0.511. The zero-order valence-corrected chi connectivity index (χ0v) is 6.72. The topological polar surface area (TPSA) is 26.0 Å². The van der Waals surface area contributed by atoms with Crippen molar-refractivity contribution in [2.45, 2.75) is 38.6 Å². The maximum atomic E-state index is 5.78. The van der Waals surface area contributed by atoms with E-state index in [-0.39, 0.29) is 0 Å². The maximum Gasteiger partial charge on any atom is 0.0223 e. The minimum Gasteiger partial charge on any atom is -0.324 e. The van der Waals surface area contributed by atoms with Crippen LogP contribution >= 0.6 is 0 Å². The molecule has 2 atom stereocenters. The lowest BCUT2D eigenvalue weighted by Crippen LogP contribution is -2.17. The SMILES string of the molecule is CC1/C=C\C(N)CCCC1. The third-order valence-electron chi connectivity index (χ3n) is 2.13. The third-order valence-corrected chi connectivity index (χ3v) is 2.13. The number of rotatable bonds is 0. The highest BCUT2D eigenvalue weighted by atomic mass is 14.6. The molecule has 0 aromatic heterocycles. The van der Waals surface area contributed by atoms with Crippen molar-refractivity contribution in [2.24, 2.45) is 11.7 Å². The van der Waals surface area contributed by atoms with Crippen LogP contribution in [0.3, 0.4) is 0 Å². The first-order valence-electron chi connectivity index (χ1n) is 4.23. The lowest BCUT2D eigenvalue weighted by atomic mass is 9.96. The Kier molecular flexibility index (Phi) is 2.94. The van der Waals surface area contributed by atoms with Crippen LogP contribution in [0.15, 0.2) is 12.2 Å². The first kappa shape index (κ1) is 7.80. The highest BCUT2D eigenvalue weighted by Crippen LogP contribution is 2.15. The van der Waals surface area contributed by atoms with Gasteiger partial charge < -0.3 is 5.73 Å². The van der Waals surface area contributed by atoms with Crippen molar-refractivity contribution in [1.82, 2.24) is 0 Å². The molecule has 0 saturated carbocycles. The molecule has 1 rings (SSSR count). The Bertz CT molecular complexity index is 104. The summed E-state index contributed by atoms with van der Waals surface area (Å²) in [7, 11) is 0. The predicted octanol–water partition coefficient (Wildman–Crippen LogP) is 2.08. The van der Waals surface area contributed by atoms with Crippen LogP contribution in [0.5, 0.6) is 0 Å². The summed E-state index contributed by atoms with van der Waals surface area (Å²) in [4.78, 5) is 0. The summed E-state index contributed by atoms with van der Waals surface area (Å²) in [5.41, 5.74) is 5.78. The fourth-order valence-electron chi connectivity index (χ4n) is 1.37. The van der Waals surface area contributed by atoms with Crippen LogP contribution in [0, 0.1) is 5.92 Å². The number of nitrogens with two attached hydrogens (primary N) is 1. The van der Waals surface area contributed by atoms with Crippen molar-refractivity contribution in [2.75, 3.05) is 0 Å². The Labute approximate surface area is 63.3 Å². The minimum atomic E-state index is 0.322. The van der Waals surface area contributed by atoms with Crippen molar-refractivity contribution in [3.05, 3.63) is 12.2 Å². The first-order chi connectivity index (χ1) is 4.79. The molecule has 58 valence electrons. The summed E-state index contributed by atoms with van der Waals surface area (Å²) in [6.07, 6.45) is 9.56. The Morgan fingerprint density at radius 3 is 2.70 bits per heavy atom. The van der Waals surface area contributed by atoms with Gasteiger partial charge in [-0.2, -0.15) is 0 Å². The van der Waals surface area contributed by atoms with E-state index < -0.39 is 0 Å². The van der Waals surface area contributed by atoms with Crippen LogP contribution in [-0.4, -0.2) is 6.04 Å². The summed E-state index contributed by atoms with van der Waals surface area (Å²) >= 11 is 0. The van der Waals surface area contributed by atoms with Gasteiger partial charge in [0, 0.05) is 6.04 Å². The molecule has 2 N–H and O–H groups in total. The third kappa shape index (κ3) is 2.53. The van der Waals surface area contributed by atoms with Crippen molar-refractivity contribution in [1.29, 1.82) is 0 Å². The summed E-state index contributed by atoms with van der Waals surface area (Å²) in [6, 6.07) is 0.322. The van der Waals surface area contributed by atoms with Gasteiger partial charge in [0.15, 0.2) is 0 Å².